The summed E-state index contributed by atoms with van der Waals surface area (Å²) in [5.74, 6) is -3.31. The van der Waals surface area contributed by atoms with Gasteiger partial charge in [0.2, 0.25) is 0 Å². The minimum Gasteiger partial charge on any atom is -0.321 e. The van der Waals surface area contributed by atoms with Crippen LogP contribution >= 0.6 is 0 Å². The maximum Gasteiger partial charge on any atom is 0.274 e. The topological polar surface area (TPSA) is 94.9 Å². The van der Waals surface area contributed by atoms with Crippen LogP contribution in [0.15, 0.2) is 60.7 Å². The number of nitrogens with zero attached hydrogens (tertiary/aromatic N) is 2. The van der Waals surface area contributed by atoms with Gasteiger partial charge in [0.25, 0.3) is 11.8 Å². The first-order chi connectivity index (χ1) is 13.5. The van der Waals surface area contributed by atoms with Crippen LogP contribution in [0.2, 0.25) is 0 Å². The summed E-state index contributed by atoms with van der Waals surface area (Å²) in [5, 5.41) is 13.5. The average molecular weight is 378 g/mol. The first-order valence-electron chi connectivity index (χ1n) is 8.02. The van der Waals surface area contributed by atoms with Crippen molar-refractivity contribution in [3.8, 4) is 6.07 Å². The normalized spacial score (nSPS) is 10.0. The zero-order valence-corrected chi connectivity index (χ0v) is 14.2. The Labute approximate surface area is 158 Å². The largest absolute Gasteiger partial charge is 0.321 e. The van der Waals surface area contributed by atoms with Gasteiger partial charge in [-0.2, -0.15) is 5.26 Å². The number of carbonyl (C=O) groups is 2. The van der Waals surface area contributed by atoms with E-state index in [-0.39, 0.29) is 11.4 Å². The molecule has 2 N–H and O–H groups in total. The molecule has 0 fully saturated rings. The van der Waals surface area contributed by atoms with Gasteiger partial charge >= 0.3 is 0 Å². The molecular formula is C20H12F2N4O2. The van der Waals surface area contributed by atoms with Crippen LogP contribution in [0.1, 0.15) is 26.5 Å². The molecule has 8 heteroatoms. The Morgan fingerprint density at radius 2 is 1.36 bits per heavy atom. The van der Waals surface area contributed by atoms with Gasteiger partial charge in [-0.05, 0) is 48.5 Å². The van der Waals surface area contributed by atoms with Crippen molar-refractivity contribution >= 4 is 23.2 Å². The van der Waals surface area contributed by atoms with Crippen molar-refractivity contribution in [2.24, 2.45) is 0 Å². The second-order valence-electron chi connectivity index (χ2n) is 5.60. The van der Waals surface area contributed by atoms with E-state index in [4.69, 9.17) is 5.26 Å². The number of anilines is 2. The molecule has 1 heterocycles. The Hall–Kier alpha value is -4.12. The molecule has 1 aromatic heterocycles. The first kappa shape index (κ1) is 18.7. The molecule has 0 spiro atoms. The molecule has 0 bridgehead atoms. The number of carbonyl (C=O) groups excluding carboxylic acids is 2. The van der Waals surface area contributed by atoms with E-state index in [2.05, 4.69) is 15.6 Å². The van der Waals surface area contributed by atoms with E-state index < -0.39 is 29.1 Å². The number of hydrogen-bond donors (Lipinski definition) is 2. The third-order valence-electron chi connectivity index (χ3n) is 3.69. The second-order valence-corrected chi connectivity index (χ2v) is 5.60. The maximum atomic E-state index is 13.7. The molecule has 0 aliphatic carbocycles. The molecule has 0 atom stereocenters. The van der Waals surface area contributed by atoms with Crippen LogP contribution < -0.4 is 10.6 Å². The van der Waals surface area contributed by atoms with Gasteiger partial charge in [-0.15, -0.1) is 0 Å². The molecule has 138 valence electrons. The van der Waals surface area contributed by atoms with Crippen LogP contribution in [0.5, 0.6) is 0 Å². The molecule has 0 aliphatic rings. The number of halogens is 2. The highest BCUT2D eigenvalue weighted by molar-refractivity contribution is 6.06. The molecule has 28 heavy (non-hydrogen) atoms. The van der Waals surface area contributed by atoms with Crippen LogP contribution in [0.4, 0.5) is 20.2 Å². The van der Waals surface area contributed by atoms with Crippen LogP contribution in [-0.4, -0.2) is 16.8 Å². The van der Waals surface area contributed by atoms with Crippen LogP contribution in [0.3, 0.4) is 0 Å². The van der Waals surface area contributed by atoms with Crippen molar-refractivity contribution in [3.63, 3.8) is 0 Å². The number of pyridine rings is 1. The van der Waals surface area contributed by atoms with E-state index in [0.717, 1.165) is 12.1 Å². The number of benzene rings is 2. The molecule has 0 aliphatic heterocycles. The van der Waals surface area contributed by atoms with Gasteiger partial charge in [-0.1, -0.05) is 12.1 Å². The monoisotopic (exact) mass is 378 g/mol. The standard InChI is InChI=1S/C20H12F2N4O2/c21-14-3-1-4-15(22)18(14)26-20(28)17-6-2-5-16(25-17)19(27)24-13-9-7-12(11-23)8-10-13/h1-10H,(H,24,27)(H,26,28). The first-order valence-corrected chi connectivity index (χ1v) is 8.02. The summed E-state index contributed by atoms with van der Waals surface area (Å²) in [7, 11) is 0. The minimum absolute atomic E-state index is 0.0639. The molecule has 6 nitrogen and oxygen atoms in total. The lowest BCUT2D eigenvalue weighted by molar-refractivity contribution is 0.101. The number of amides is 2. The highest BCUT2D eigenvalue weighted by Gasteiger charge is 2.16. The quantitative estimate of drug-likeness (QED) is 0.723. The van der Waals surface area contributed by atoms with Gasteiger partial charge < -0.3 is 10.6 Å². The van der Waals surface area contributed by atoms with Gasteiger partial charge in [-0.25, -0.2) is 13.8 Å². The molecule has 3 rings (SSSR count). The fourth-order valence-corrected chi connectivity index (χ4v) is 2.31. The minimum atomic E-state index is -0.928. The lowest BCUT2D eigenvalue weighted by Gasteiger charge is -2.08. The van der Waals surface area contributed by atoms with E-state index in [1.807, 2.05) is 6.07 Å². The second kappa shape index (κ2) is 8.05. The van der Waals surface area contributed by atoms with Crippen molar-refractivity contribution in [2.45, 2.75) is 0 Å². The molecule has 0 radical (unpaired) electrons. The summed E-state index contributed by atoms with van der Waals surface area (Å²) in [6.45, 7) is 0. The molecule has 2 amide bonds. The summed E-state index contributed by atoms with van der Waals surface area (Å²) in [6.07, 6.45) is 0. The fourth-order valence-electron chi connectivity index (χ4n) is 2.31. The Morgan fingerprint density at radius 1 is 0.821 bits per heavy atom. The maximum absolute atomic E-state index is 13.7. The smallest absolute Gasteiger partial charge is 0.274 e. The number of nitrogens with one attached hydrogen (secondary N) is 2. The molecule has 0 saturated heterocycles. The van der Waals surface area contributed by atoms with Gasteiger partial charge in [0.05, 0.1) is 11.6 Å². The van der Waals surface area contributed by atoms with Crippen LogP contribution in [-0.2, 0) is 0 Å². The Kier molecular flexibility index (Phi) is 5.37. The van der Waals surface area contributed by atoms with Gasteiger partial charge in [0.15, 0.2) is 0 Å². The van der Waals surface area contributed by atoms with Gasteiger partial charge in [0, 0.05) is 5.69 Å². The summed E-state index contributed by atoms with van der Waals surface area (Å²) >= 11 is 0. The summed E-state index contributed by atoms with van der Waals surface area (Å²) in [4.78, 5) is 28.5. The predicted octanol–water partition coefficient (Wildman–Crippen LogP) is 3.74. The average Bonchev–Trinajstić information content (AvgIpc) is 2.71. The number of para-hydroxylation sites is 1. The molecule has 0 unspecified atom stereocenters. The van der Waals surface area contributed by atoms with Crippen molar-refractivity contribution in [1.82, 2.24) is 4.98 Å². The van der Waals surface area contributed by atoms with Crippen molar-refractivity contribution < 1.29 is 18.4 Å². The van der Waals surface area contributed by atoms with Crippen molar-refractivity contribution in [1.29, 1.82) is 5.26 Å². The third kappa shape index (κ3) is 4.16. The van der Waals surface area contributed by atoms with E-state index in [1.165, 1.54) is 36.4 Å². The van der Waals surface area contributed by atoms with Crippen LogP contribution in [0.25, 0.3) is 0 Å². The van der Waals surface area contributed by atoms with E-state index in [9.17, 15) is 18.4 Å². The van der Waals surface area contributed by atoms with E-state index in [0.29, 0.717) is 11.3 Å². The molecule has 3 aromatic rings. The highest BCUT2D eigenvalue weighted by atomic mass is 19.1. The lowest BCUT2D eigenvalue weighted by atomic mass is 10.2. The number of rotatable bonds is 4. The van der Waals surface area contributed by atoms with Crippen LogP contribution in [0, 0.1) is 23.0 Å². The molecule has 0 saturated carbocycles. The number of nitriles is 1. The Bertz CT molecular complexity index is 1070. The Balaban J connectivity index is 1.76. The summed E-state index contributed by atoms with van der Waals surface area (Å²) < 4.78 is 27.3. The van der Waals surface area contributed by atoms with Gasteiger partial charge in [0.1, 0.15) is 28.7 Å². The molecule has 2 aromatic carbocycles. The number of aromatic nitrogens is 1. The zero-order chi connectivity index (χ0) is 20.1. The van der Waals surface area contributed by atoms with Crippen molar-refractivity contribution in [2.75, 3.05) is 10.6 Å². The third-order valence-corrected chi connectivity index (χ3v) is 3.69. The summed E-state index contributed by atoms with van der Waals surface area (Å²) in [6, 6.07) is 15.5. The highest BCUT2D eigenvalue weighted by Crippen LogP contribution is 2.19. The lowest BCUT2D eigenvalue weighted by Crippen LogP contribution is -2.19. The Morgan fingerprint density at radius 3 is 1.93 bits per heavy atom. The van der Waals surface area contributed by atoms with Gasteiger partial charge in [-0.3, -0.25) is 9.59 Å². The van der Waals surface area contributed by atoms with E-state index in [1.54, 1.807) is 12.1 Å². The number of hydrogen-bond acceptors (Lipinski definition) is 4. The zero-order valence-electron chi connectivity index (χ0n) is 14.2. The van der Waals surface area contributed by atoms with Crippen molar-refractivity contribution in [3.05, 3.63) is 89.2 Å². The molecular weight excluding hydrogens is 366 g/mol. The SMILES string of the molecule is N#Cc1ccc(NC(=O)c2cccc(C(=O)Nc3c(F)cccc3F)n2)cc1. The fraction of sp³-hybridized carbons (Fsp3) is 0. The predicted molar refractivity (Wildman–Crippen MR) is 97.7 cm³/mol. The van der Waals surface area contributed by atoms with E-state index >= 15 is 0 Å². The summed E-state index contributed by atoms with van der Waals surface area (Å²) in [5.41, 5.74) is 0.0344.